The van der Waals surface area contributed by atoms with E-state index in [-0.39, 0.29) is 11.9 Å². The zero-order chi connectivity index (χ0) is 21.3. The van der Waals surface area contributed by atoms with Crippen molar-refractivity contribution in [1.29, 1.82) is 0 Å². The predicted molar refractivity (Wildman–Crippen MR) is 124 cm³/mol. The summed E-state index contributed by atoms with van der Waals surface area (Å²) in [7, 11) is 0. The van der Waals surface area contributed by atoms with Crippen LogP contribution in [0.15, 0.2) is 79.5 Å². The standard InChI is InChI=1S/C27H28FNO/c1-3-7-23-14-15-24(18-26(23)28)27-17-16-25(19-29-27)22-12-10-21(11-13-22)9-6-4-5-8-20(2)30/h3,6,9-20,30H,1,4-5,7-8H2,2H3/b9-6+. The average molecular weight is 402 g/mol. The zero-order valence-electron chi connectivity index (χ0n) is 17.4. The second-order valence-corrected chi connectivity index (χ2v) is 7.54. The summed E-state index contributed by atoms with van der Waals surface area (Å²) < 4.78 is 14.2. The Kier molecular flexibility index (Phi) is 7.69. The average Bonchev–Trinajstić information content (AvgIpc) is 2.75. The van der Waals surface area contributed by atoms with Crippen LogP contribution in [-0.2, 0) is 6.42 Å². The topological polar surface area (TPSA) is 33.1 Å². The number of nitrogens with zero attached hydrogens (tertiary/aromatic N) is 1. The number of pyridine rings is 1. The summed E-state index contributed by atoms with van der Waals surface area (Å²) in [6.45, 7) is 5.48. The molecule has 154 valence electrons. The van der Waals surface area contributed by atoms with Gasteiger partial charge in [-0.05, 0) is 61.4 Å². The summed E-state index contributed by atoms with van der Waals surface area (Å²) in [6, 6.07) is 17.5. The van der Waals surface area contributed by atoms with E-state index in [0.29, 0.717) is 12.0 Å². The van der Waals surface area contributed by atoms with Crippen LogP contribution in [-0.4, -0.2) is 16.2 Å². The lowest BCUT2D eigenvalue weighted by molar-refractivity contribution is 0.182. The Labute approximate surface area is 178 Å². The normalized spacial score (nSPS) is 12.2. The first-order chi connectivity index (χ1) is 14.6. The Morgan fingerprint density at radius 1 is 1.03 bits per heavy atom. The van der Waals surface area contributed by atoms with Crippen molar-refractivity contribution in [2.45, 2.75) is 38.7 Å². The van der Waals surface area contributed by atoms with Gasteiger partial charge in [-0.25, -0.2) is 4.39 Å². The van der Waals surface area contributed by atoms with Gasteiger partial charge in [-0.3, -0.25) is 4.98 Å². The molecule has 0 aliphatic heterocycles. The number of hydrogen-bond acceptors (Lipinski definition) is 2. The van der Waals surface area contributed by atoms with Crippen LogP contribution in [0, 0.1) is 5.82 Å². The van der Waals surface area contributed by atoms with E-state index in [1.807, 2.05) is 31.3 Å². The molecule has 30 heavy (non-hydrogen) atoms. The first-order valence-corrected chi connectivity index (χ1v) is 10.4. The maximum absolute atomic E-state index is 14.2. The quantitative estimate of drug-likeness (QED) is 0.314. The lowest BCUT2D eigenvalue weighted by atomic mass is 10.0. The minimum Gasteiger partial charge on any atom is -0.393 e. The van der Waals surface area contributed by atoms with Gasteiger partial charge in [0.2, 0.25) is 0 Å². The fourth-order valence-electron chi connectivity index (χ4n) is 3.30. The number of halogens is 1. The Morgan fingerprint density at radius 2 is 1.77 bits per heavy atom. The highest BCUT2D eigenvalue weighted by atomic mass is 19.1. The summed E-state index contributed by atoms with van der Waals surface area (Å²) in [5, 5.41) is 9.28. The second kappa shape index (κ2) is 10.7. The van der Waals surface area contributed by atoms with Crippen LogP contribution in [0.3, 0.4) is 0 Å². The Bertz CT molecular complexity index is 988. The number of rotatable bonds is 9. The molecule has 2 aromatic carbocycles. The van der Waals surface area contributed by atoms with Crippen molar-refractivity contribution in [3.8, 4) is 22.4 Å². The molecule has 2 nitrogen and oxygen atoms in total. The van der Waals surface area contributed by atoms with Crippen molar-refractivity contribution >= 4 is 6.08 Å². The van der Waals surface area contributed by atoms with Gasteiger partial charge in [0.15, 0.2) is 0 Å². The number of hydrogen-bond donors (Lipinski definition) is 1. The van der Waals surface area contributed by atoms with Crippen LogP contribution >= 0.6 is 0 Å². The molecule has 3 rings (SSSR count). The third kappa shape index (κ3) is 5.98. The van der Waals surface area contributed by atoms with E-state index in [2.05, 4.69) is 48.0 Å². The number of aromatic nitrogens is 1. The van der Waals surface area contributed by atoms with E-state index in [4.69, 9.17) is 0 Å². The summed E-state index contributed by atoms with van der Waals surface area (Å²) in [6.07, 6.45) is 10.9. The second-order valence-electron chi connectivity index (χ2n) is 7.54. The van der Waals surface area contributed by atoms with E-state index >= 15 is 0 Å². The lowest BCUT2D eigenvalue weighted by Gasteiger charge is -2.07. The van der Waals surface area contributed by atoms with E-state index in [1.54, 1.807) is 12.1 Å². The molecular weight excluding hydrogens is 373 g/mol. The van der Waals surface area contributed by atoms with Gasteiger partial charge in [-0.2, -0.15) is 0 Å². The maximum atomic E-state index is 14.2. The minimum absolute atomic E-state index is 0.228. The van der Waals surface area contributed by atoms with Crippen LogP contribution in [0.5, 0.6) is 0 Å². The van der Waals surface area contributed by atoms with E-state index in [0.717, 1.165) is 47.2 Å². The first-order valence-electron chi connectivity index (χ1n) is 10.4. The number of aliphatic hydroxyl groups excluding tert-OH is 1. The minimum atomic E-state index is -0.229. The molecule has 3 heteroatoms. The Morgan fingerprint density at radius 3 is 2.40 bits per heavy atom. The summed E-state index contributed by atoms with van der Waals surface area (Å²) >= 11 is 0. The van der Waals surface area contributed by atoms with Crippen molar-refractivity contribution in [3.05, 3.63) is 96.5 Å². The van der Waals surface area contributed by atoms with Crippen LogP contribution in [0.25, 0.3) is 28.5 Å². The number of aliphatic hydroxyl groups is 1. The van der Waals surface area contributed by atoms with E-state index in [1.165, 1.54) is 6.07 Å². The number of allylic oxidation sites excluding steroid dienone is 2. The third-order valence-electron chi connectivity index (χ3n) is 5.02. The molecule has 0 radical (unpaired) electrons. The molecule has 0 saturated heterocycles. The number of unbranched alkanes of at least 4 members (excludes halogenated alkanes) is 1. The molecule has 0 aliphatic carbocycles. The maximum Gasteiger partial charge on any atom is 0.127 e. The van der Waals surface area contributed by atoms with Crippen LogP contribution in [0.2, 0.25) is 0 Å². The van der Waals surface area contributed by atoms with Gasteiger partial charge in [0.25, 0.3) is 0 Å². The molecular formula is C27H28FNO. The van der Waals surface area contributed by atoms with Crippen LogP contribution < -0.4 is 0 Å². The number of benzene rings is 2. The molecule has 1 N–H and O–H groups in total. The summed E-state index contributed by atoms with van der Waals surface area (Å²) in [5.74, 6) is -0.229. The lowest BCUT2D eigenvalue weighted by Crippen LogP contribution is -1.97. The SMILES string of the molecule is C=CCc1ccc(-c2ccc(-c3ccc(/C=C/CCCC(C)O)cc3)cn2)cc1F. The predicted octanol–water partition coefficient (Wildman–Crippen LogP) is 6.85. The molecule has 3 aromatic rings. The van der Waals surface area contributed by atoms with Crippen molar-refractivity contribution in [2.75, 3.05) is 0 Å². The van der Waals surface area contributed by atoms with Gasteiger partial charge in [0, 0.05) is 17.3 Å². The van der Waals surface area contributed by atoms with E-state index < -0.39 is 0 Å². The molecule has 0 spiro atoms. The molecule has 0 saturated carbocycles. The van der Waals surface area contributed by atoms with Crippen molar-refractivity contribution in [1.82, 2.24) is 4.98 Å². The zero-order valence-corrected chi connectivity index (χ0v) is 17.4. The van der Waals surface area contributed by atoms with Crippen molar-refractivity contribution < 1.29 is 9.50 Å². The summed E-state index contributed by atoms with van der Waals surface area (Å²) in [5.41, 5.74) is 5.42. The van der Waals surface area contributed by atoms with Gasteiger partial charge in [0.05, 0.1) is 11.8 Å². The molecule has 0 bridgehead atoms. The largest absolute Gasteiger partial charge is 0.393 e. The van der Waals surface area contributed by atoms with Gasteiger partial charge in [-0.1, -0.05) is 60.7 Å². The van der Waals surface area contributed by atoms with Gasteiger partial charge < -0.3 is 5.11 Å². The monoisotopic (exact) mass is 401 g/mol. The van der Waals surface area contributed by atoms with E-state index in [9.17, 15) is 9.50 Å². The highest BCUT2D eigenvalue weighted by Crippen LogP contribution is 2.25. The fraction of sp³-hybridized carbons (Fsp3) is 0.222. The molecule has 1 atom stereocenters. The first kappa shape index (κ1) is 21.7. The van der Waals surface area contributed by atoms with Crippen molar-refractivity contribution in [2.24, 2.45) is 0 Å². The summed E-state index contributed by atoms with van der Waals surface area (Å²) in [4.78, 5) is 4.53. The Hall–Kier alpha value is -3.04. The third-order valence-corrected chi connectivity index (χ3v) is 5.02. The van der Waals surface area contributed by atoms with Crippen molar-refractivity contribution in [3.63, 3.8) is 0 Å². The molecule has 1 aromatic heterocycles. The Balaban J connectivity index is 1.65. The highest BCUT2D eigenvalue weighted by molar-refractivity contribution is 5.68. The molecule has 0 amide bonds. The van der Waals surface area contributed by atoms with Crippen LogP contribution in [0.4, 0.5) is 4.39 Å². The highest BCUT2D eigenvalue weighted by Gasteiger charge is 2.06. The van der Waals surface area contributed by atoms with Gasteiger partial charge >= 0.3 is 0 Å². The van der Waals surface area contributed by atoms with Gasteiger partial charge in [-0.15, -0.1) is 6.58 Å². The van der Waals surface area contributed by atoms with Crippen LogP contribution in [0.1, 0.15) is 37.3 Å². The molecule has 0 aliphatic rings. The molecule has 1 unspecified atom stereocenters. The smallest absolute Gasteiger partial charge is 0.127 e. The van der Waals surface area contributed by atoms with Gasteiger partial charge in [0.1, 0.15) is 5.82 Å². The molecule has 0 fully saturated rings. The molecule has 1 heterocycles. The fourth-order valence-corrected chi connectivity index (χ4v) is 3.30.